The summed E-state index contributed by atoms with van der Waals surface area (Å²) in [4.78, 5) is 50.9. The smallest absolute Gasteiger partial charge is 0.327 e. The highest BCUT2D eigenvalue weighted by molar-refractivity contribution is 8.76. The molecule has 202 valence electrons. The summed E-state index contributed by atoms with van der Waals surface area (Å²) in [5.41, 5.74) is -0.208. The van der Waals surface area contributed by atoms with Crippen molar-refractivity contribution in [3.8, 4) is 5.75 Å². The van der Waals surface area contributed by atoms with Gasteiger partial charge in [0.2, 0.25) is 11.8 Å². The number of carbonyl (C=O) groups is 4. The Bertz CT molecular complexity index is 1010. The second-order valence-corrected chi connectivity index (χ2v) is 12.4. The van der Waals surface area contributed by atoms with Crippen LogP contribution in [0, 0.1) is 5.41 Å². The van der Waals surface area contributed by atoms with Gasteiger partial charge in [-0.05, 0) is 56.5 Å². The van der Waals surface area contributed by atoms with Crippen LogP contribution < -0.4 is 21.3 Å². The molecule has 0 aromatic heterocycles. The van der Waals surface area contributed by atoms with Crippen molar-refractivity contribution in [2.45, 2.75) is 56.1 Å². The number of nitrogens with one attached hydrogen (secondary N) is 4. The Kier molecular flexibility index (Phi) is 9.38. The Hall–Kier alpha value is -2.28. The Morgan fingerprint density at radius 3 is 2.51 bits per heavy atom. The predicted octanol–water partition coefficient (Wildman–Crippen LogP) is 1.01. The lowest BCUT2D eigenvalue weighted by Gasteiger charge is -2.28. The quantitative estimate of drug-likeness (QED) is 0.236. The molecule has 2 amide bonds. The van der Waals surface area contributed by atoms with Gasteiger partial charge in [0.15, 0.2) is 0 Å². The highest BCUT2D eigenvalue weighted by Gasteiger charge is 2.48. The molecule has 2 aliphatic heterocycles. The number of hydrogen-bond acceptors (Lipinski definition) is 9. The number of aliphatic carboxylic acids is 1. The fourth-order valence-corrected chi connectivity index (χ4v) is 7.74. The lowest BCUT2D eigenvalue weighted by atomic mass is 9.80. The van der Waals surface area contributed by atoms with E-state index in [1.807, 2.05) is 12.1 Å². The topological polar surface area (TPSA) is 157 Å². The number of hydrogen-bond donors (Lipinski definition) is 6. The van der Waals surface area contributed by atoms with Gasteiger partial charge >= 0.3 is 5.97 Å². The number of carboxylic acid groups (broad SMARTS) is 1. The number of Topliss-reactive ketones (excluding diaryl/α,β-unsaturated/α-hetero) is 1. The maximum atomic E-state index is 13.3. The SMILES string of the molecule is O=C(N[C@@H]1CNCCC2(CCCC2=O)C(=O)N[C@H](C(=O)O)CSSC1)C1NCCC1c1ccc(O)cc1. The second-order valence-electron chi connectivity index (χ2n) is 9.87. The molecule has 37 heavy (non-hydrogen) atoms. The van der Waals surface area contributed by atoms with Crippen molar-refractivity contribution in [1.82, 2.24) is 21.3 Å². The minimum Gasteiger partial charge on any atom is -0.508 e. The zero-order chi connectivity index (χ0) is 26.4. The summed E-state index contributed by atoms with van der Waals surface area (Å²) in [7, 11) is 2.77. The van der Waals surface area contributed by atoms with E-state index in [2.05, 4.69) is 21.3 Å². The number of benzene rings is 1. The van der Waals surface area contributed by atoms with Gasteiger partial charge in [0.1, 0.15) is 23.0 Å². The van der Waals surface area contributed by atoms with Gasteiger partial charge in [-0.1, -0.05) is 33.7 Å². The highest BCUT2D eigenvalue weighted by atomic mass is 33.1. The van der Waals surface area contributed by atoms with Crippen molar-refractivity contribution in [2.24, 2.45) is 5.41 Å². The molecule has 0 radical (unpaired) electrons. The molecule has 1 aromatic rings. The molecule has 1 aromatic carbocycles. The summed E-state index contributed by atoms with van der Waals surface area (Å²) in [6.07, 6.45) is 2.46. The molecule has 3 aliphatic rings. The van der Waals surface area contributed by atoms with Crippen LogP contribution in [0.1, 0.15) is 43.6 Å². The van der Waals surface area contributed by atoms with Crippen LogP contribution in [0.25, 0.3) is 0 Å². The van der Waals surface area contributed by atoms with Crippen LogP contribution in [-0.4, -0.2) is 83.0 Å². The Morgan fingerprint density at radius 2 is 1.81 bits per heavy atom. The molecule has 4 rings (SSSR count). The lowest BCUT2D eigenvalue weighted by molar-refractivity contribution is -0.146. The Morgan fingerprint density at radius 1 is 1.05 bits per heavy atom. The third-order valence-electron chi connectivity index (χ3n) is 7.46. The zero-order valence-corrected chi connectivity index (χ0v) is 22.2. The van der Waals surface area contributed by atoms with E-state index in [9.17, 15) is 29.4 Å². The van der Waals surface area contributed by atoms with Crippen molar-refractivity contribution in [2.75, 3.05) is 31.1 Å². The number of phenols is 1. The standard InChI is InChI=1S/C25H34N4O6S2/c30-17-5-3-15(4-6-17)18-7-10-27-21(18)22(32)28-16-12-26-11-9-25(8-1-2-20(25)31)24(35)29-19(23(33)34)14-37-36-13-16/h3-6,16,18-19,21,26-27,30H,1-2,7-14H2,(H,28,32)(H,29,35)(H,33,34)/t16-,18?,19+,21?,25?/m1/s1. The molecule has 0 bridgehead atoms. The fraction of sp³-hybridized carbons (Fsp3) is 0.600. The van der Waals surface area contributed by atoms with Gasteiger partial charge in [-0.25, -0.2) is 4.79 Å². The van der Waals surface area contributed by atoms with Crippen LogP contribution in [0.3, 0.4) is 0 Å². The summed E-state index contributed by atoms with van der Waals surface area (Å²) < 4.78 is 0. The molecule has 2 heterocycles. The summed E-state index contributed by atoms with van der Waals surface area (Å²) in [6.45, 7) is 1.58. The number of aromatic hydroxyl groups is 1. The maximum absolute atomic E-state index is 13.3. The first kappa shape index (κ1) is 27.7. The average molecular weight is 551 g/mol. The van der Waals surface area contributed by atoms with Gasteiger partial charge in [-0.15, -0.1) is 0 Å². The summed E-state index contributed by atoms with van der Waals surface area (Å²) in [6, 6.07) is 5.22. The zero-order valence-electron chi connectivity index (χ0n) is 20.5. The van der Waals surface area contributed by atoms with E-state index < -0.39 is 29.4 Å². The van der Waals surface area contributed by atoms with Gasteiger partial charge < -0.3 is 31.5 Å². The van der Waals surface area contributed by atoms with Gasteiger partial charge in [0.25, 0.3) is 0 Å². The molecular formula is C25H34N4O6S2. The normalized spacial score (nSPS) is 31.7. The Balaban J connectivity index is 1.43. The first-order chi connectivity index (χ1) is 17.8. The molecule has 10 nitrogen and oxygen atoms in total. The van der Waals surface area contributed by atoms with Gasteiger partial charge in [0.05, 0.1) is 12.1 Å². The molecule has 2 saturated heterocycles. The summed E-state index contributed by atoms with van der Waals surface area (Å²) >= 11 is 0. The number of phenolic OH excluding ortho intramolecular Hbond substituents is 1. The molecular weight excluding hydrogens is 516 g/mol. The van der Waals surface area contributed by atoms with Gasteiger partial charge in [0, 0.05) is 30.4 Å². The summed E-state index contributed by atoms with van der Waals surface area (Å²) in [5.74, 6) is -0.999. The van der Waals surface area contributed by atoms with E-state index >= 15 is 0 Å². The van der Waals surface area contributed by atoms with Crippen molar-refractivity contribution in [3.63, 3.8) is 0 Å². The van der Waals surface area contributed by atoms with Crippen LogP contribution in [0.15, 0.2) is 24.3 Å². The molecule has 12 heteroatoms. The van der Waals surface area contributed by atoms with Crippen LogP contribution in [0.5, 0.6) is 5.75 Å². The largest absolute Gasteiger partial charge is 0.508 e. The number of rotatable bonds is 4. The number of ketones is 1. The lowest BCUT2D eigenvalue weighted by Crippen LogP contribution is -2.52. The number of carboxylic acids is 1. The first-order valence-electron chi connectivity index (χ1n) is 12.6. The van der Waals surface area contributed by atoms with Crippen LogP contribution in [0.4, 0.5) is 0 Å². The fourth-order valence-electron chi connectivity index (χ4n) is 5.34. The van der Waals surface area contributed by atoms with Crippen LogP contribution in [-0.2, 0) is 19.2 Å². The van der Waals surface area contributed by atoms with Crippen molar-refractivity contribution < 1.29 is 29.4 Å². The van der Waals surface area contributed by atoms with Crippen LogP contribution >= 0.6 is 21.6 Å². The monoisotopic (exact) mass is 550 g/mol. The van der Waals surface area contributed by atoms with E-state index in [-0.39, 0.29) is 41.6 Å². The third-order valence-corrected chi connectivity index (χ3v) is 9.95. The minimum absolute atomic E-state index is 0.00741. The third kappa shape index (κ3) is 6.60. The van der Waals surface area contributed by atoms with E-state index in [1.54, 1.807) is 12.1 Å². The van der Waals surface area contributed by atoms with E-state index in [0.29, 0.717) is 44.6 Å². The Labute approximate surface area is 223 Å². The maximum Gasteiger partial charge on any atom is 0.327 e. The van der Waals surface area contributed by atoms with E-state index in [4.69, 9.17) is 0 Å². The van der Waals surface area contributed by atoms with Crippen molar-refractivity contribution in [1.29, 1.82) is 0 Å². The number of amides is 2. The molecule has 3 unspecified atom stereocenters. The molecule has 1 saturated carbocycles. The predicted molar refractivity (Wildman–Crippen MR) is 142 cm³/mol. The van der Waals surface area contributed by atoms with Crippen molar-refractivity contribution >= 4 is 45.2 Å². The van der Waals surface area contributed by atoms with E-state index in [1.165, 1.54) is 21.6 Å². The minimum atomic E-state index is -1.20. The highest BCUT2D eigenvalue weighted by Crippen LogP contribution is 2.38. The molecule has 3 fully saturated rings. The molecule has 5 atom stereocenters. The van der Waals surface area contributed by atoms with E-state index in [0.717, 1.165) is 12.0 Å². The van der Waals surface area contributed by atoms with Gasteiger partial charge in [-0.3, -0.25) is 14.4 Å². The second kappa shape index (κ2) is 12.5. The number of carbonyl (C=O) groups excluding carboxylic acids is 3. The average Bonchev–Trinajstić information content (AvgIpc) is 3.51. The van der Waals surface area contributed by atoms with Gasteiger partial charge in [-0.2, -0.15) is 0 Å². The molecule has 6 N–H and O–H groups in total. The molecule has 1 aliphatic carbocycles. The first-order valence-corrected chi connectivity index (χ1v) is 15.1. The summed E-state index contributed by atoms with van der Waals surface area (Å²) in [5, 5.41) is 31.6. The molecule has 1 spiro atoms. The van der Waals surface area contributed by atoms with Crippen molar-refractivity contribution in [3.05, 3.63) is 29.8 Å². The van der Waals surface area contributed by atoms with Crippen LogP contribution in [0.2, 0.25) is 0 Å².